The van der Waals surface area contributed by atoms with E-state index in [1.54, 1.807) is 0 Å². The molecule has 0 radical (unpaired) electrons. The summed E-state index contributed by atoms with van der Waals surface area (Å²) in [5.74, 6) is 0. The van der Waals surface area contributed by atoms with E-state index in [2.05, 4.69) is 0 Å². The highest BCUT2D eigenvalue weighted by atomic mass is 28.4. The van der Waals surface area contributed by atoms with E-state index in [4.69, 9.17) is 11.5 Å². The fourth-order valence-electron chi connectivity index (χ4n) is 2.97. The molecular formula is C20H30N2O2Si. The summed E-state index contributed by atoms with van der Waals surface area (Å²) >= 11 is 0. The molecule has 2 rings (SSSR count). The topological polar surface area (TPSA) is 92.5 Å². The number of anilines is 2. The summed E-state index contributed by atoms with van der Waals surface area (Å²) in [4.78, 5) is 20.5. The first-order valence-electron chi connectivity index (χ1n) is 9.08. The maximum atomic E-state index is 10.2. The Hall–Kier alpha value is -1.82. The predicted molar refractivity (Wildman–Crippen MR) is 107 cm³/mol. The van der Waals surface area contributed by atoms with E-state index < -0.39 is 8.56 Å². The first-order valence-corrected chi connectivity index (χ1v) is 11.4. The molecule has 0 spiro atoms. The number of aryl methyl sites for hydroxylation is 2. The van der Waals surface area contributed by atoms with Gasteiger partial charge in [0, 0.05) is 11.4 Å². The van der Waals surface area contributed by atoms with E-state index >= 15 is 0 Å². The molecule has 0 aliphatic carbocycles. The van der Waals surface area contributed by atoms with E-state index in [0.29, 0.717) is 12.1 Å². The van der Waals surface area contributed by atoms with Crippen molar-refractivity contribution in [2.45, 2.75) is 50.6 Å². The molecule has 0 saturated heterocycles. The van der Waals surface area contributed by atoms with Gasteiger partial charge >= 0.3 is 8.56 Å². The smallest absolute Gasteiger partial charge is 0.332 e. The predicted octanol–water partition coefficient (Wildman–Crippen LogP) is 3.62. The monoisotopic (exact) mass is 358 g/mol. The molecule has 0 bridgehead atoms. The number of hydrogen-bond donors (Lipinski definition) is 4. The fourth-order valence-corrected chi connectivity index (χ4v) is 4.85. The summed E-state index contributed by atoms with van der Waals surface area (Å²) in [6, 6.07) is 16.9. The maximum absolute atomic E-state index is 10.2. The number of benzene rings is 2. The van der Waals surface area contributed by atoms with Crippen molar-refractivity contribution < 1.29 is 9.59 Å². The summed E-state index contributed by atoms with van der Waals surface area (Å²) in [5.41, 5.74) is 15.4. The van der Waals surface area contributed by atoms with Crippen LogP contribution in [0.1, 0.15) is 36.8 Å². The Balaban J connectivity index is 1.59. The standard InChI is InChI=1S/C20H30N2O2Si/c21-19-11-7-17(8-12-19)5-1-3-15-25(23,24)16-4-2-6-18-9-13-20(22)14-10-18/h7-14,23-24H,1-6,15-16,21-22H2. The second-order valence-corrected chi connectivity index (χ2v) is 9.84. The zero-order chi connectivity index (χ0) is 18.1. The highest BCUT2D eigenvalue weighted by Gasteiger charge is 2.27. The Labute approximate surface area is 151 Å². The number of unbranched alkanes of at least 4 members (excludes halogenated alkanes) is 2. The van der Waals surface area contributed by atoms with E-state index in [1.807, 2.05) is 48.5 Å². The van der Waals surface area contributed by atoms with Gasteiger partial charge in [-0.05, 0) is 73.2 Å². The van der Waals surface area contributed by atoms with E-state index in [0.717, 1.165) is 49.9 Å². The second kappa shape index (κ2) is 9.61. The van der Waals surface area contributed by atoms with Gasteiger partial charge in [-0.1, -0.05) is 37.1 Å². The molecule has 0 heterocycles. The third-order valence-corrected chi connectivity index (χ3v) is 6.85. The minimum Gasteiger partial charge on any atom is -0.411 e. The summed E-state index contributed by atoms with van der Waals surface area (Å²) in [6.45, 7) is 0. The molecule has 25 heavy (non-hydrogen) atoms. The number of nitrogens with two attached hydrogens (primary N) is 2. The summed E-state index contributed by atoms with van der Waals surface area (Å²) in [6.07, 6.45) is 5.60. The molecule has 0 amide bonds. The Bertz CT molecular complexity index is 572. The molecular weight excluding hydrogens is 328 g/mol. The fraction of sp³-hybridized carbons (Fsp3) is 0.400. The first-order chi connectivity index (χ1) is 11.9. The minimum absolute atomic E-state index is 0.559. The van der Waals surface area contributed by atoms with Crippen LogP contribution in [0.15, 0.2) is 48.5 Å². The van der Waals surface area contributed by atoms with Crippen molar-refractivity contribution in [3.63, 3.8) is 0 Å². The molecule has 2 aromatic rings. The average molecular weight is 359 g/mol. The first kappa shape index (κ1) is 19.5. The van der Waals surface area contributed by atoms with Crippen LogP contribution in [-0.4, -0.2) is 18.2 Å². The molecule has 2 aromatic carbocycles. The normalized spacial score (nSPS) is 11.6. The molecule has 0 atom stereocenters. The molecule has 0 saturated carbocycles. The number of nitrogen functional groups attached to an aromatic ring is 2. The number of rotatable bonds is 10. The van der Waals surface area contributed by atoms with Crippen molar-refractivity contribution in [2.24, 2.45) is 0 Å². The minimum atomic E-state index is -3.04. The maximum Gasteiger partial charge on any atom is 0.332 e. The average Bonchev–Trinajstić information content (AvgIpc) is 2.59. The van der Waals surface area contributed by atoms with Gasteiger partial charge in [0.05, 0.1) is 0 Å². The SMILES string of the molecule is Nc1ccc(CCCC[Si](O)(O)CCCCc2ccc(N)cc2)cc1. The lowest BCUT2D eigenvalue weighted by molar-refractivity contribution is 0.351. The van der Waals surface area contributed by atoms with Gasteiger partial charge in [0.15, 0.2) is 0 Å². The van der Waals surface area contributed by atoms with Crippen LogP contribution in [0.2, 0.25) is 12.1 Å². The van der Waals surface area contributed by atoms with Crippen molar-refractivity contribution in [2.75, 3.05) is 11.5 Å². The molecule has 4 nitrogen and oxygen atoms in total. The molecule has 0 aromatic heterocycles. The zero-order valence-electron chi connectivity index (χ0n) is 14.8. The molecule has 0 unspecified atom stereocenters. The molecule has 6 N–H and O–H groups in total. The lowest BCUT2D eigenvalue weighted by atomic mass is 10.1. The van der Waals surface area contributed by atoms with Crippen molar-refractivity contribution >= 4 is 19.9 Å². The highest BCUT2D eigenvalue weighted by Crippen LogP contribution is 2.19. The van der Waals surface area contributed by atoms with Gasteiger partial charge in [-0.2, -0.15) is 0 Å². The van der Waals surface area contributed by atoms with E-state index in [1.165, 1.54) is 11.1 Å². The lowest BCUT2D eigenvalue weighted by Gasteiger charge is -2.17. The third-order valence-electron chi connectivity index (χ3n) is 4.54. The van der Waals surface area contributed by atoms with Gasteiger partial charge in [0.2, 0.25) is 0 Å². The quantitative estimate of drug-likeness (QED) is 0.296. The van der Waals surface area contributed by atoms with Crippen LogP contribution in [0.3, 0.4) is 0 Å². The molecule has 5 heteroatoms. The van der Waals surface area contributed by atoms with Gasteiger partial charge in [0.25, 0.3) is 0 Å². The van der Waals surface area contributed by atoms with Crippen LogP contribution in [-0.2, 0) is 12.8 Å². The van der Waals surface area contributed by atoms with Crippen LogP contribution in [0, 0.1) is 0 Å². The third kappa shape index (κ3) is 7.73. The Morgan fingerprint density at radius 1 is 0.600 bits per heavy atom. The van der Waals surface area contributed by atoms with E-state index in [9.17, 15) is 9.59 Å². The number of hydrogen-bond acceptors (Lipinski definition) is 4. The van der Waals surface area contributed by atoms with Crippen LogP contribution in [0.4, 0.5) is 11.4 Å². The lowest BCUT2D eigenvalue weighted by Crippen LogP contribution is -2.34. The van der Waals surface area contributed by atoms with E-state index in [-0.39, 0.29) is 0 Å². The van der Waals surface area contributed by atoms with Gasteiger partial charge in [-0.3, -0.25) is 0 Å². The van der Waals surface area contributed by atoms with Crippen LogP contribution in [0.25, 0.3) is 0 Å². The van der Waals surface area contributed by atoms with Crippen LogP contribution >= 0.6 is 0 Å². The van der Waals surface area contributed by atoms with Gasteiger partial charge in [-0.25, -0.2) is 0 Å². The Kier molecular flexibility index (Phi) is 7.49. The Morgan fingerprint density at radius 2 is 0.960 bits per heavy atom. The second-order valence-electron chi connectivity index (χ2n) is 6.88. The van der Waals surface area contributed by atoms with Crippen molar-refractivity contribution in [1.29, 1.82) is 0 Å². The van der Waals surface area contributed by atoms with Crippen LogP contribution in [0.5, 0.6) is 0 Å². The Morgan fingerprint density at radius 3 is 1.32 bits per heavy atom. The molecule has 0 aliphatic rings. The molecule has 0 aliphatic heterocycles. The van der Waals surface area contributed by atoms with Gasteiger partial charge in [0.1, 0.15) is 0 Å². The molecule has 136 valence electrons. The largest absolute Gasteiger partial charge is 0.411 e. The zero-order valence-corrected chi connectivity index (χ0v) is 15.8. The van der Waals surface area contributed by atoms with Crippen molar-refractivity contribution in [1.82, 2.24) is 0 Å². The summed E-state index contributed by atoms with van der Waals surface area (Å²) in [7, 11) is -3.04. The molecule has 0 fully saturated rings. The van der Waals surface area contributed by atoms with Crippen molar-refractivity contribution in [3.05, 3.63) is 59.7 Å². The van der Waals surface area contributed by atoms with Gasteiger partial charge < -0.3 is 21.1 Å². The van der Waals surface area contributed by atoms with Crippen molar-refractivity contribution in [3.8, 4) is 0 Å². The summed E-state index contributed by atoms with van der Waals surface area (Å²) < 4.78 is 0. The highest BCUT2D eigenvalue weighted by molar-refractivity contribution is 6.64. The summed E-state index contributed by atoms with van der Waals surface area (Å²) in [5, 5.41) is 0. The van der Waals surface area contributed by atoms with Gasteiger partial charge in [-0.15, -0.1) is 0 Å². The van der Waals surface area contributed by atoms with Crippen LogP contribution < -0.4 is 11.5 Å².